The summed E-state index contributed by atoms with van der Waals surface area (Å²) >= 11 is 3.45. The molecule has 0 aliphatic carbocycles. The van der Waals surface area contributed by atoms with Crippen LogP contribution in [-0.4, -0.2) is 22.0 Å². The van der Waals surface area contributed by atoms with Gasteiger partial charge in [-0.2, -0.15) is 4.98 Å². The smallest absolute Gasteiger partial charge is 0.271 e. The van der Waals surface area contributed by atoms with Crippen LogP contribution in [0.25, 0.3) is 10.8 Å². The maximum absolute atomic E-state index is 11.1. The van der Waals surface area contributed by atoms with E-state index in [-0.39, 0.29) is 11.6 Å². The number of hydrogen-bond donors (Lipinski definition) is 2. The molecule has 8 nitrogen and oxygen atoms in total. The lowest BCUT2D eigenvalue weighted by Crippen LogP contribution is -2.03. The normalized spacial score (nSPS) is 10.6. The minimum atomic E-state index is -0.472. The highest BCUT2D eigenvalue weighted by molar-refractivity contribution is 9.10. The van der Waals surface area contributed by atoms with E-state index in [1.807, 2.05) is 42.5 Å². The van der Waals surface area contributed by atoms with Crippen LogP contribution in [0.15, 0.2) is 71.3 Å². The van der Waals surface area contributed by atoms with Crippen molar-refractivity contribution in [1.82, 2.24) is 9.97 Å². The van der Waals surface area contributed by atoms with Gasteiger partial charge in [-0.3, -0.25) is 10.1 Å². The molecule has 1 aromatic heterocycles. The fourth-order valence-electron chi connectivity index (χ4n) is 2.95. The lowest BCUT2D eigenvalue weighted by molar-refractivity contribution is -0.384. The Hall–Kier alpha value is -3.72. The molecule has 1 heterocycles. The van der Waals surface area contributed by atoms with Crippen molar-refractivity contribution in [2.45, 2.75) is 0 Å². The van der Waals surface area contributed by atoms with Crippen LogP contribution in [-0.2, 0) is 0 Å². The molecule has 0 saturated heterocycles. The minimum absolute atomic E-state index is 0.0649. The van der Waals surface area contributed by atoms with E-state index in [0.29, 0.717) is 21.7 Å². The number of benzene rings is 3. The van der Waals surface area contributed by atoms with E-state index in [2.05, 4.69) is 36.5 Å². The van der Waals surface area contributed by atoms with Crippen molar-refractivity contribution in [2.75, 3.05) is 17.7 Å². The number of nitrogens with one attached hydrogen (secondary N) is 2. The molecule has 30 heavy (non-hydrogen) atoms. The predicted molar refractivity (Wildman–Crippen MR) is 120 cm³/mol. The van der Waals surface area contributed by atoms with Crippen molar-refractivity contribution < 1.29 is 9.66 Å². The summed E-state index contributed by atoms with van der Waals surface area (Å²) in [6.45, 7) is 0. The first kappa shape index (κ1) is 19.6. The molecule has 0 bridgehead atoms. The number of aromatic nitrogens is 2. The third-order valence-electron chi connectivity index (χ3n) is 4.40. The molecule has 150 valence electrons. The van der Waals surface area contributed by atoms with Gasteiger partial charge in [-0.05, 0) is 44.9 Å². The Kier molecular flexibility index (Phi) is 5.44. The molecule has 2 N–H and O–H groups in total. The van der Waals surface area contributed by atoms with Crippen LogP contribution in [0, 0.1) is 10.1 Å². The molecule has 0 aliphatic heterocycles. The first-order valence-corrected chi connectivity index (χ1v) is 9.70. The van der Waals surface area contributed by atoms with Gasteiger partial charge in [-0.25, -0.2) is 4.98 Å². The number of ether oxygens (including phenoxy) is 1. The Bertz CT molecular complexity index is 1250. The summed E-state index contributed by atoms with van der Waals surface area (Å²) in [5.74, 6) is 1.25. The van der Waals surface area contributed by atoms with Gasteiger partial charge in [0.1, 0.15) is 11.6 Å². The van der Waals surface area contributed by atoms with Gasteiger partial charge in [0.05, 0.1) is 22.2 Å². The summed E-state index contributed by atoms with van der Waals surface area (Å²) in [6.07, 6.45) is 1.60. The first-order valence-electron chi connectivity index (χ1n) is 8.91. The molecule has 9 heteroatoms. The number of halogens is 1. The Morgan fingerprint density at radius 2 is 1.83 bits per heavy atom. The van der Waals surface area contributed by atoms with Crippen LogP contribution in [0.3, 0.4) is 0 Å². The first-order chi connectivity index (χ1) is 14.5. The summed E-state index contributed by atoms with van der Waals surface area (Å²) in [7, 11) is 1.49. The quantitative estimate of drug-likeness (QED) is 0.274. The van der Waals surface area contributed by atoms with Crippen molar-refractivity contribution in [1.29, 1.82) is 0 Å². The van der Waals surface area contributed by atoms with E-state index < -0.39 is 4.92 Å². The highest BCUT2D eigenvalue weighted by atomic mass is 79.9. The number of rotatable bonds is 6. The monoisotopic (exact) mass is 465 g/mol. The molecule has 0 saturated carbocycles. The zero-order chi connectivity index (χ0) is 21.1. The fraction of sp³-hybridized carbons (Fsp3) is 0.0476. The van der Waals surface area contributed by atoms with Gasteiger partial charge in [-0.15, -0.1) is 0 Å². The Morgan fingerprint density at radius 3 is 2.60 bits per heavy atom. The summed E-state index contributed by atoms with van der Waals surface area (Å²) in [6, 6.07) is 18.4. The highest BCUT2D eigenvalue weighted by Gasteiger charge is 2.13. The van der Waals surface area contributed by atoms with Gasteiger partial charge in [-0.1, -0.05) is 30.3 Å². The Labute approximate surface area is 180 Å². The van der Waals surface area contributed by atoms with Gasteiger partial charge in [0.25, 0.3) is 5.69 Å². The third kappa shape index (κ3) is 4.15. The maximum Gasteiger partial charge on any atom is 0.271 e. The Balaban J connectivity index is 1.63. The van der Waals surface area contributed by atoms with Gasteiger partial charge in [0.15, 0.2) is 0 Å². The number of fused-ring (bicyclic) bond motifs is 1. The van der Waals surface area contributed by atoms with Crippen molar-refractivity contribution in [2.24, 2.45) is 0 Å². The van der Waals surface area contributed by atoms with E-state index in [0.717, 1.165) is 16.5 Å². The summed E-state index contributed by atoms with van der Waals surface area (Å²) in [4.78, 5) is 19.3. The minimum Gasteiger partial charge on any atom is -0.495 e. The average molecular weight is 466 g/mol. The second kappa shape index (κ2) is 8.34. The van der Waals surface area contributed by atoms with Gasteiger partial charge >= 0.3 is 0 Å². The second-order valence-electron chi connectivity index (χ2n) is 6.34. The van der Waals surface area contributed by atoms with E-state index in [4.69, 9.17) is 4.74 Å². The topological polar surface area (TPSA) is 102 Å². The standard InChI is InChI=1S/C21H16BrN5O3/c1-30-19-9-8-16(27(28)29)11-18(19)25-21-23-12-17(22)20(26-21)24-15-7-6-13-4-2-3-5-14(13)10-15/h2-12H,1H3,(H2,23,24,25,26). The lowest BCUT2D eigenvalue weighted by atomic mass is 10.1. The van der Waals surface area contributed by atoms with E-state index in [1.54, 1.807) is 6.20 Å². The van der Waals surface area contributed by atoms with Crippen LogP contribution >= 0.6 is 15.9 Å². The van der Waals surface area contributed by atoms with Crippen molar-refractivity contribution in [3.63, 3.8) is 0 Å². The molecule has 4 rings (SSSR count). The molecule has 0 atom stereocenters. The van der Waals surface area contributed by atoms with E-state index in [9.17, 15) is 10.1 Å². The van der Waals surface area contributed by atoms with Gasteiger partial charge in [0.2, 0.25) is 5.95 Å². The van der Waals surface area contributed by atoms with Crippen LogP contribution in [0.2, 0.25) is 0 Å². The SMILES string of the molecule is COc1ccc([N+](=O)[O-])cc1Nc1ncc(Br)c(Nc2ccc3ccccc3c2)n1. The van der Waals surface area contributed by atoms with E-state index >= 15 is 0 Å². The van der Waals surface area contributed by atoms with Gasteiger partial charge < -0.3 is 15.4 Å². The number of non-ortho nitro benzene ring substituents is 1. The van der Waals surface area contributed by atoms with Crippen molar-refractivity contribution in [3.8, 4) is 5.75 Å². The number of nitro benzene ring substituents is 1. The van der Waals surface area contributed by atoms with E-state index in [1.165, 1.54) is 25.3 Å². The number of nitro groups is 1. The summed E-state index contributed by atoms with van der Waals surface area (Å²) in [5.41, 5.74) is 1.20. The lowest BCUT2D eigenvalue weighted by Gasteiger charge is -2.12. The largest absolute Gasteiger partial charge is 0.495 e. The highest BCUT2D eigenvalue weighted by Crippen LogP contribution is 2.32. The van der Waals surface area contributed by atoms with Crippen LogP contribution in [0.1, 0.15) is 0 Å². The molecule has 0 spiro atoms. The third-order valence-corrected chi connectivity index (χ3v) is 4.98. The zero-order valence-corrected chi connectivity index (χ0v) is 17.4. The predicted octanol–water partition coefficient (Wildman–Crippen LogP) is 5.80. The molecule has 0 radical (unpaired) electrons. The molecule has 0 fully saturated rings. The van der Waals surface area contributed by atoms with Crippen LogP contribution < -0.4 is 15.4 Å². The molecule has 0 unspecified atom stereocenters. The number of anilines is 4. The summed E-state index contributed by atoms with van der Waals surface area (Å²) < 4.78 is 5.95. The fourth-order valence-corrected chi connectivity index (χ4v) is 3.24. The molecular weight excluding hydrogens is 450 g/mol. The van der Waals surface area contributed by atoms with Crippen LogP contribution in [0.5, 0.6) is 5.75 Å². The van der Waals surface area contributed by atoms with Crippen molar-refractivity contribution in [3.05, 3.63) is 81.4 Å². The number of hydrogen-bond acceptors (Lipinski definition) is 7. The summed E-state index contributed by atoms with van der Waals surface area (Å²) in [5, 5.41) is 19.6. The Morgan fingerprint density at radius 1 is 1.03 bits per heavy atom. The second-order valence-corrected chi connectivity index (χ2v) is 7.20. The zero-order valence-electron chi connectivity index (χ0n) is 15.8. The molecule has 4 aromatic rings. The average Bonchev–Trinajstić information content (AvgIpc) is 2.76. The van der Waals surface area contributed by atoms with Gasteiger partial charge in [0, 0.05) is 24.0 Å². The number of methoxy groups -OCH3 is 1. The molecule has 3 aromatic carbocycles. The van der Waals surface area contributed by atoms with Crippen molar-refractivity contribution >= 4 is 55.5 Å². The maximum atomic E-state index is 11.1. The molecule has 0 aliphatic rings. The van der Waals surface area contributed by atoms with Crippen LogP contribution in [0.4, 0.5) is 28.8 Å². The molecule has 0 amide bonds. The number of nitrogens with zero attached hydrogens (tertiary/aromatic N) is 3. The molecular formula is C21H16BrN5O3.